The fourth-order valence-corrected chi connectivity index (χ4v) is 2.28. The van der Waals surface area contributed by atoms with Crippen molar-refractivity contribution in [3.8, 4) is 0 Å². The highest BCUT2D eigenvalue weighted by Gasteiger charge is 2.06. The van der Waals surface area contributed by atoms with Crippen molar-refractivity contribution in [1.82, 2.24) is 5.32 Å². The number of amides is 1. The van der Waals surface area contributed by atoms with Crippen molar-refractivity contribution < 1.29 is 14.3 Å². The molecule has 0 saturated carbocycles. The van der Waals surface area contributed by atoms with E-state index in [1.807, 2.05) is 6.07 Å². The van der Waals surface area contributed by atoms with Crippen LogP contribution in [0.15, 0.2) is 23.1 Å². The standard InChI is InChI=1S/C14H19NO3S/c1-10-4-5-12(8-11(10)2)19-7-6-14(17)18-9-13(16)15-3/h4-5,8H,6-7,9H2,1-3H3,(H,15,16). The van der Waals surface area contributed by atoms with Gasteiger partial charge in [-0.3, -0.25) is 9.59 Å². The van der Waals surface area contributed by atoms with E-state index < -0.39 is 0 Å². The van der Waals surface area contributed by atoms with Crippen molar-refractivity contribution in [2.45, 2.75) is 25.2 Å². The predicted octanol–water partition coefficient (Wildman–Crippen LogP) is 2.07. The third-order valence-electron chi connectivity index (χ3n) is 2.70. The lowest BCUT2D eigenvalue weighted by atomic mass is 10.1. The Labute approximate surface area is 117 Å². The van der Waals surface area contributed by atoms with Crippen LogP contribution in [0.3, 0.4) is 0 Å². The number of likely N-dealkylation sites (N-methyl/N-ethyl adjacent to an activating group) is 1. The van der Waals surface area contributed by atoms with Crippen molar-refractivity contribution in [2.75, 3.05) is 19.4 Å². The molecule has 1 aromatic carbocycles. The number of benzene rings is 1. The highest BCUT2D eigenvalue weighted by atomic mass is 32.2. The second-order valence-electron chi connectivity index (χ2n) is 4.18. The molecular weight excluding hydrogens is 262 g/mol. The summed E-state index contributed by atoms with van der Waals surface area (Å²) in [5.41, 5.74) is 2.50. The monoisotopic (exact) mass is 281 g/mol. The maximum atomic E-state index is 11.4. The van der Waals surface area contributed by atoms with Gasteiger partial charge in [0.1, 0.15) is 0 Å². The van der Waals surface area contributed by atoms with Crippen molar-refractivity contribution in [3.05, 3.63) is 29.3 Å². The lowest BCUT2D eigenvalue weighted by Gasteiger charge is -2.05. The molecule has 0 radical (unpaired) electrons. The number of hydrogen-bond donors (Lipinski definition) is 1. The molecular formula is C14H19NO3S. The summed E-state index contributed by atoms with van der Waals surface area (Å²) in [6.07, 6.45) is 0.300. The molecule has 1 rings (SSSR count). The summed E-state index contributed by atoms with van der Waals surface area (Å²) in [6.45, 7) is 3.93. The van der Waals surface area contributed by atoms with Gasteiger partial charge in [0.25, 0.3) is 5.91 Å². The van der Waals surface area contributed by atoms with E-state index in [0.29, 0.717) is 12.2 Å². The minimum Gasteiger partial charge on any atom is -0.456 e. The number of carbonyl (C=O) groups is 2. The molecule has 0 aliphatic carbocycles. The van der Waals surface area contributed by atoms with Crippen molar-refractivity contribution in [3.63, 3.8) is 0 Å². The fourth-order valence-electron chi connectivity index (χ4n) is 1.35. The van der Waals surface area contributed by atoms with Gasteiger partial charge < -0.3 is 10.1 Å². The second kappa shape index (κ2) is 7.84. The Kier molecular flexibility index (Phi) is 6.42. The van der Waals surface area contributed by atoms with Crippen LogP contribution < -0.4 is 5.32 Å². The van der Waals surface area contributed by atoms with Crippen LogP contribution in [0.1, 0.15) is 17.5 Å². The molecule has 0 atom stereocenters. The zero-order chi connectivity index (χ0) is 14.3. The van der Waals surface area contributed by atoms with Gasteiger partial charge in [0.2, 0.25) is 0 Å². The van der Waals surface area contributed by atoms with Crippen LogP contribution in [0.25, 0.3) is 0 Å². The van der Waals surface area contributed by atoms with Gasteiger partial charge in [0, 0.05) is 17.7 Å². The van der Waals surface area contributed by atoms with Crippen molar-refractivity contribution in [1.29, 1.82) is 0 Å². The summed E-state index contributed by atoms with van der Waals surface area (Å²) in [5.74, 6) is 0.00447. The van der Waals surface area contributed by atoms with E-state index in [9.17, 15) is 9.59 Å². The van der Waals surface area contributed by atoms with Gasteiger partial charge in [-0.05, 0) is 37.1 Å². The molecule has 0 aliphatic heterocycles. The normalized spacial score (nSPS) is 10.1. The molecule has 4 nitrogen and oxygen atoms in total. The van der Waals surface area contributed by atoms with Gasteiger partial charge in [0.05, 0.1) is 6.42 Å². The third kappa shape index (κ3) is 5.79. The van der Waals surface area contributed by atoms with E-state index in [1.54, 1.807) is 11.8 Å². The molecule has 104 valence electrons. The van der Waals surface area contributed by atoms with Gasteiger partial charge in [-0.25, -0.2) is 0 Å². The molecule has 0 fully saturated rings. The number of ether oxygens (including phenoxy) is 1. The first-order chi connectivity index (χ1) is 9.02. The Bertz CT molecular complexity index is 460. The van der Waals surface area contributed by atoms with Gasteiger partial charge >= 0.3 is 5.97 Å². The van der Waals surface area contributed by atoms with Gasteiger partial charge in [0.15, 0.2) is 6.61 Å². The van der Waals surface area contributed by atoms with E-state index in [2.05, 4.69) is 31.3 Å². The molecule has 0 bridgehead atoms. The highest BCUT2D eigenvalue weighted by molar-refractivity contribution is 7.99. The van der Waals surface area contributed by atoms with Crippen LogP contribution in [0.4, 0.5) is 0 Å². The van der Waals surface area contributed by atoms with E-state index >= 15 is 0 Å². The summed E-state index contributed by atoms with van der Waals surface area (Å²) in [7, 11) is 1.51. The molecule has 0 heterocycles. The molecule has 1 aromatic rings. The van der Waals surface area contributed by atoms with Gasteiger partial charge in [-0.1, -0.05) is 6.07 Å². The lowest BCUT2D eigenvalue weighted by molar-refractivity contribution is -0.147. The zero-order valence-corrected chi connectivity index (χ0v) is 12.3. The van der Waals surface area contributed by atoms with Crippen LogP contribution in [-0.4, -0.2) is 31.3 Å². The largest absolute Gasteiger partial charge is 0.456 e. The zero-order valence-electron chi connectivity index (χ0n) is 11.5. The number of carbonyl (C=O) groups excluding carboxylic acids is 2. The summed E-state index contributed by atoms with van der Waals surface area (Å²) in [6, 6.07) is 6.22. The first kappa shape index (κ1) is 15.6. The molecule has 0 saturated heterocycles. The molecule has 1 amide bonds. The van der Waals surface area contributed by atoms with Gasteiger partial charge in [-0.2, -0.15) is 0 Å². The first-order valence-corrected chi connectivity index (χ1v) is 7.07. The van der Waals surface area contributed by atoms with Crippen LogP contribution in [0.2, 0.25) is 0 Å². The summed E-state index contributed by atoms with van der Waals surface area (Å²) in [5, 5.41) is 2.39. The summed E-state index contributed by atoms with van der Waals surface area (Å²) >= 11 is 1.61. The Hall–Kier alpha value is -1.49. The summed E-state index contributed by atoms with van der Waals surface area (Å²) < 4.78 is 4.81. The lowest BCUT2D eigenvalue weighted by Crippen LogP contribution is -2.25. The maximum Gasteiger partial charge on any atom is 0.307 e. The SMILES string of the molecule is CNC(=O)COC(=O)CCSc1ccc(C)c(C)c1. The molecule has 19 heavy (non-hydrogen) atoms. The summed E-state index contributed by atoms with van der Waals surface area (Å²) in [4.78, 5) is 23.4. The number of aryl methyl sites for hydroxylation is 2. The minimum absolute atomic E-state index is 0.205. The first-order valence-electron chi connectivity index (χ1n) is 6.09. The second-order valence-corrected chi connectivity index (χ2v) is 5.35. The molecule has 0 spiro atoms. The number of thioether (sulfide) groups is 1. The van der Waals surface area contributed by atoms with E-state index in [-0.39, 0.29) is 18.5 Å². The van der Waals surface area contributed by atoms with Crippen molar-refractivity contribution in [2.24, 2.45) is 0 Å². The number of esters is 1. The average Bonchev–Trinajstić information content (AvgIpc) is 2.40. The Balaban J connectivity index is 2.28. The quantitative estimate of drug-likeness (QED) is 0.640. The third-order valence-corrected chi connectivity index (χ3v) is 3.69. The fraction of sp³-hybridized carbons (Fsp3) is 0.429. The Morgan fingerprint density at radius 3 is 2.63 bits per heavy atom. The Morgan fingerprint density at radius 1 is 1.26 bits per heavy atom. The van der Waals surface area contributed by atoms with E-state index in [4.69, 9.17) is 4.74 Å². The molecule has 1 N–H and O–H groups in total. The smallest absolute Gasteiger partial charge is 0.307 e. The van der Waals surface area contributed by atoms with Crippen LogP contribution in [-0.2, 0) is 14.3 Å². The van der Waals surface area contributed by atoms with Crippen LogP contribution >= 0.6 is 11.8 Å². The van der Waals surface area contributed by atoms with Gasteiger partial charge in [-0.15, -0.1) is 11.8 Å². The minimum atomic E-state index is -0.347. The molecule has 0 aromatic heterocycles. The molecule has 5 heteroatoms. The van der Waals surface area contributed by atoms with Crippen molar-refractivity contribution >= 4 is 23.6 Å². The van der Waals surface area contributed by atoms with E-state index in [0.717, 1.165) is 4.90 Å². The molecule has 0 aliphatic rings. The van der Waals surface area contributed by atoms with Crippen LogP contribution in [0.5, 0.6) is 0 Å². The maximum absolute atomic E-state index is 11.4. The average molecular weight is 281 g/mol. The number of rotatable bonds is 6. The topological polar surface area (TPSA) is 55.4 Å². The Morgan fingerprint density at radius 2 is 2.00 bits per heavy atom. The van der Waals surface area contributed by atoms with E-state index in [1.165, 1.54) is 18.2 Å². The van der Waals surface area contributed by atoms with Crippen LogP contribution in [0, 0.1) is 13.8 Å². The predicted molar refractivity (Wildman–Crippen MR) is 76.3 cm³/mol. The number of nitrogens with one attached hydrogen (secondary N) is 1. The highest BCUT2D eigenvalue weighted by Crippen LogP contribution is 2.21. The molecule has 0 unspecified atom stereocenters. The number of hydrogen-bond acceptors (Lipinski definition) is 4.